The minimum absolute atomic E-state index is 0.106. The van der Waals surface area contributed by atoms with Gasteiger partial charge in [-0.25, -0.2) is 18.7 Å². The van der Waals surface area contributed by atoms with E-state index in [2.05, 4.69) is 20.3 Å². The van der Waals surface area contributed by atoms with Gasteiger partial charge in [-0.05, 0) is 12.5 Å². The van der Waals surface area contributed by atoms with Crippen LogP contribution in [0.4, 0.5) is 8.78 Å². The third-order valence-corrected chi connectivity index (χ3v) is 3.90. The van der Waals surface area contributed by atoms with Crippen molar-refractivity contribution < 1.29 is 13.6 Å². The lowest BCUT2D eigenvalue weighted by atomic mass is 10.1. The minimum Gasteiger partial charge on any atom is -0.351 e. The molecule has 0 saturated heterocycles. The highest BCUT2D eigenvalue weighted by molar-refractivity contribution is 6.03. The van der Waals surface area contributed by atoms with E-state index in [4.69, 9.17) is 0 Å². The van der Waals surface area contributed by atoms with Crippen LogP contribution in [0.1, 0.15) is 30.3 Å². The van der Waals surface area contributed by atoms with Crippen LogP contribution >= 0.6 is 0 Å². The van der Waals surface area contributed by atoms with E-state index in [9.17, 15) is 13.6 Å². The van der Waals surface area contributed by atoms with E-state index < -0.39 is 11.3 Å². The van der Waals surface area contributed by atoms with E-state index >= 15 is 0 Å². The summed E-state index contributed by atoms with van der Waals surface area (Å²) in [5.74, 6) is -2.97. The molecule has 0 spiro atoms. The van der Waals surface area contributed by atoms with Gasteiger partial charge in [-0.2, -0.15) is 0 Å². The molecule has 1 atom stereocenters. The minimum atomic E-state index is -2.60. The third kappa shape index (κ3) is 2.03. The van der Waals surface area contributed by atoms with Gasteiger partial charge in [0.05, 0.1) is 5.39 Å². The first-order valence-corrected chi connectivity index (χ1v) is 6.37. The summed E-state index contributed by atoms with van der Waals surface area (Å²) < 4.78 is 26.1. The predicted molar refractivity (Wildman–Crippen MR) is 68.5 cm³/mol. The standard InChI is InChI=1S/C13H14F2N4O/c1-12(6-13(12,14)15)3-5-17-11(20)9-8-2-4-16-10(8)19-7-18-9/h2,4,7H,3,5-6H2,1H3,(H,17,20)(H,16,18,19). The second kappa shape index (κ2) is 4.22. The molecule has 0 radical (unpaired) electrons. The Morgan fingerprint density at radius 2 is 2.25 bits per heavy atom. The van der Waals surface area contributed by atoms with Gasteiger partial charge in [0, 0.05) is 24.6 Å². The fourth-order valence-corrected chi connectivity index (χ4v) is 2.31. The Labute approximate surface area is 113 Å². The molecule has 0 bridgehead atoms. The van der Waals surface area contributed by atoms with E-state index in [0.717, 1.165) is 0 Å². The molecule has 5 nitrogen and oxygen atoms in total. The van der Waals surface area contributed by atoms with Crippen molar-refractivity contribution in [3.05, 3.63) is 24.3 Å². The fraction of sp³-hybridized carbons (Fsp3) is 0.462. The molecule has 1 amide bonds. The second-order valence-electron chi connectivity index (χ2n) is 5.41. The molecule has 1 unspecified atom stereocenters. The van der Waals surface area contributed by atoms with E-state index in [-0.39, 0.29) is 31.0 Å². The van der Waals surface area contributed by atoms with Gasteiger partial charge in [-0.3, -0.25) is 4.79 Å². The van der Waals surface area contributed by atoms with Crippen molar-refractivity contribution in [1.82, 2.24) is 20.3 Å². The van der Waals surface area contributed by atoms with Crippen molar-refractivity contribution in [3.8, 4) is 0 Å². The van der Waals surface area contributed by atoms with Crippen LogP contribution in [0.2, 0.25) is 0 Å². The summed E-state index contributed by atoms with van der Waals surface area (Å²) in [6.45, 7) is 1.75. The van der Waals surface area contributed by atoms with Gasteiger partial charge in [-0.15, -0.1) is 0 Å². The number of carbonyl (C=O) groups excluding carboxylic acids is 1. The van der Waals surface area contributed by atoms with Gasteiger partial charge in [0.25, 0.3) is 11.8 Å². The average Bonchev–Trinajstić information content (AvgIpc) is 2.78. The highest BCUT2D eigenvalue weighted by Gasteiger charge is 2.66. The van der Waals surface area contributed by atoms with Gasteiger partial charge in [0.2, 0.25) is 0 Å². The summed E-state index contributed by atoms with van der Waals surface area (Å²) in [6.07, 6.45) is 3.12. The maximum Gasteiger partial charge on any atom is 0.270 e. The number of amides is 1. The molecule has 2 N–H and O–H groups in total. The normalized spacial score (nSPS) is 23.8. The van der Waals surface area contributed by atoms with Crippen molar-refractivity contribution in [2.45, 2.75) is 25.7 Å². The maximum absolute atomic E-state index is 13.1. The largest absolute Gasteiger partial charge is 0.351 e. The second-order valence-corrected chi connectivity index (χ2v) is 5.41. The molecule has 2 heterocycles. The topological polar surface area (TPSA) is 70.7 Å². The molecule has 1 aliphatic carbocycles. The SMILES string of the molecule is CC1(CCNC(=O)c2ncnc3[nH]ccc23)CC1(F)F. The Morgan fingerprint density at radius 1 is 1.50 bits per heavy atom. The molecule has 2 aromatic heterocycles. The van der Waals surface area contributed by atoms with Crippen molar-refractivity contribution in [2.75, 3.05) is 6.54 Å². The number of carbonyl (C=O) groups is 1. The number of halogens is 2. The molecule has 7 heteroatoms. The van der Waals surface area contributed by atoms with Crippen LogP contribution in [-0.4, -0.2) is 33.3 Å². The Hall–Kier alpha value is -2.05. The summed E-state index contributed by atoms with van der Waals surface area (Å²) in [5.41, 5.74) is -0.148. The molecule has 1 fully saturated rings. The van der Waals surface area contributed by atoms with Gasteiger partial charge in [-0.1, -0.05) is 6.92 Å². The molecular weight excluding hydrogens is 266 g/mol. The Balaban J connectivity index is 1.64. The van der Waals surface area contributed by atoms with Crippen LogP contribution in [-0.2, 0) is 0 Å². The zero-order valence-corrected chi connectivity index (χ0v) is 10.9. The lowest BCUT2D eigenvalue weighted by Gasteiger charge is -2.10. The molecule has 1 aliphatic rings. The molecule has 3 rings (SSSR count). The maximum atomic E-state index is 13.1. The lowest BCUT2D eigenvalue weighted by molar-refractivity contribution is 0.0660. The van der Waals surface area contributed by atoms with Gasteiger partial charge in [0.15, 0.2) is 0 Å². The van der Waals surface area contributed by atoms with Crippen molar-refractivity contribution in [2.24, 2.45) is 5.41 Å². The van der Waals surface area contributed by atoms with Gasteiger partial charge >= 0.3 is 0 Å². The number of rotatable bonds is 4. The lowest BCUT2D eigenvalue weighted by Crippen LogP contribution is -2.27. The number of hydrogen-bond acceptors (Lipinski definition) is 3. The summed E-state index contributed by atoms with van der Waals surface area (Å²) in [5, 5.41) is 3.26. The Morgan fingerprint density at radius 3 is 2.95 bits per heavy atom. The van der Waals surface area contributed by atoms with Gasteiger partial charge in [0.1, 0.15) is 17.7 Å². The van der Waals surface area contributed by atoms with E-state index in [1.54, 1.807) is 12.3 Å². The first-order chi connectivity index (χ1) is 9.43. The number of fused-ring (bicyclic) bond motifs is 1. The monoisotopic (exact) mass is 280 g/mol. The molecule has 0 aromatic carbocycles. The third-order valence-electron chi connectivity index (χ3n) is 3.90. The van der Waals surface area contributed by atoms with Crippen molar-refractivity contribution in [3.63, 3.8) is 0 Å². The number of aromatic amines is 1. The van der Waals surface area contributed by atoms with E-state index in [0.29, 0.717) is 11.0 Å². The van der Waals surface area contributed by atoms with Crippen molar-refractivity contribution >= 4 is 16.9 Å². The number of nitrogens with one attached hydrogen (secondary N) is 2. The quantitative estimate of drug-likeness (QED) is 0.901. The molecule has 0 aliphatic heterocycles. The number of H-pyrrole nitrogens is 1. The highest BCUT2D eigenvalue weighted by atomic mass is 19.3. The van der Waals surface area contributed by atoms with Crippen LogP contribution in [0.5, 0.6) is 0 Å². The molecule has 20 heavy (non-hydrogen) atoms. The summed E-state index contributed by atoms with van der Waals surface area (Å²) in [4.78, 5) is 22.8. The fourth-order valence-electron chi connectivity index (χ4n) is 2.31. The summed E-state index contributed by atoms with van der Waals surface area (Å²) in [7, 11) is 0. The summed E-state index contributed by atoms with van der Waals surface area (Å²) in [6, 6.07) is 1.71. The van der Waals surface area contributed by atoms with Crippen LogP contribution in [0.25, 0.3) is 11.0 Å². The average molecular weight is 280 g/mol. The highest BCUT2D eigenvalue weighted by Crippen LogP contribution is 2.62. The first-order valence-electron chi connectivity index (χ1n) is 6.37. The van der Waals surface area contributed by atoms with Gasteiger partial charge < -0.3 is 10.3 Å². The van der Waals surface area contributed by atoms with E-state index in [1.807, 2.05) is 0 Å². The van der Waals surface area contributed by atoms with Crippen LogP contribution < -0.4 is 5.32 Å². The molecule has 106 valence electrons. The Kier molecular flexibility index (Phi) is 2.74. The Bertz CT molecular complexity index is 669. The molecular formula is C13H14F2N4O. The zero-order valence-electron chi connectivity index (χ0n) is 10.9. The predicted octanol–water partition coefficient (Wildman–Crippen LogP) is 2.12. The van der Waals surface area contributed by atoms with Crippen LogP contribution in [0.3, 0.4) is 0 Å². The molecule has 2 aromatic rings. The van der Waals surface area contributed by atoms with Crippen LogP contribution in [0.15, 0.2) is 18.6 Å². The smallest absolute Gasteiger partial charge is 0.270 e. The summed E-state index contributed by atoms with van der Waals surface area (Å²) >= 11 is 0. The number of hydrogen-bond donors (Lipinski definition) is 2. The first kappa shape index (κ1) is 13.0. The van der Waals surface area contributed by atoms with E-state index in [1.165, 1.54) is 13.3 Å². The zero-order chi connectivity index (χ0) is 14.4. The number of nitrogens with zero attached hydrogens (tertiary/aromatic N) is 2. The molecule has 1 saturated carbocycles. The number of aromatic nitrogens is 3. The van der Waals surface area contributed by atoms with Crippen LogP contribution in [0, 0.1) is 5.41 Å². The number of alkyl halides is 2. The van der Waals surface area contributed by atoms with Crippen molar-refractivity contribution in [1.29, 1.82) is 0 Å².